The van der Waals surface area contributed by atoms with Crippen molar-refractivity contribution in [2.75, 3.05) is 37.4 Å². The molecule has 1 saturated heterocycles. The molecule has 1 aromatic carbocycles. The van der Waals surface area contributed by atoms with Crippen molar-refractivity contribution in [3.63, 3.8) is 0 Å². The van der Waals surface area contributed by atoms with Gasteiger partial charge in [0, 0.05) is 25.6 Å². The van der Waals surface area contributed by atoms with Gasteiger partial charge in [-0.3, -0.25) is 4.79 Å². The van der Waals surface area contributed by atoms with Crippen LogP contribution in [-0.4, -0.2) is 70.3 Å². The molecule has 1 N–H and O–H groups in total. The maximum absolute atomic E-state index is 12.4. The van der Waals surface area contributed by atoms with Gasteiger partial charge in [0.15, 0.2) is 11.5 Å². The Hall–Kier alpha value is -3.54. The van der Waals surface area contributed by atoms with Crippen molar-refractivity contribution >= 4 is 28.8 Å². The van der Waals surface area contributed by atoms with Gasteiger partial charge in [0.25, 0.3) is 0 Å². The first-order valence-corrected chi connectivity index (χ1v) is 11.6. The molecular weight excluding hydrogens is 475 g/mol. The Balaban J connectivity index is 1.35. The summed E-state index contributed by atoms with van der Waals surface area (Å²) < 4.78 is 40.7. The highest BCUT2D eigenvalue weighted by Gasteiger charge is 2.31. The highest BCUT2D eigenvalue weighted by Crippen LogP contribution is 2.24. The van der Waals surface area contributed by atoms with E-state index in [1.807, 2.05) is 6.92 Å². The van der Waals surface area contributed by atoms with Crippen LogP contribution in [0.2, 0.25) is 0 Å². The SMILES string of the molecule is Cc1nc(N2CCC(N(C)C)CC2)nc2ncc(NC(=O)CCc3ccc(OC(F)(F)F)cc3)nc12. The van der Waals surface area contributed by atoms with Crippen molar-refractivity contribution in [3.05, 3.63) is 41.7 Å². The molecule has 1 aliphatic rings. The van der Waals surface area contributed by atoms with E-state index < -0.39 is 6.36 Å². The molecule has 1 aliphatic heterocycles. The molecule has 0 spiro atoms. The van der Waals surface area contributed by atoms with Crippen LogP contribution in [0, 0.1) is 6.92 Å². The number of hydrogen-bond donors (Lipinski definition) is 1. The summed E-state index contributed by atoms with van der Waals surface area (Å²) in [6.07, 6.45) is -0.745. The molecule has 192 valence electrons. The summed E-state index contributed by atoms with van der Waals surface area (Å²) in [5.74, 6) is 0.321. The lowest BCUT2D eigenvalue weighted by Crippen LogP contribution is -2.42. The molecule has 0 aliphatic carbocycles. The summed E-state index contributed by atoms with van der Waals surface area (Å²) in [4.78, 5) is 34.9. The van der Waals surface area contributed by atoms with Crippen LogP contribution >= 0.6 is 0 Å². The first kappa shape index (κ1) is 25.5. The normalized spacial score (nSPS) is 14.9. The lowest BCUT2D eigenvalue weighted by Gasteiger charge is -2.35. The quantitative estimate of drug-likeness (QED) is 0.521. The summed E-state index contributed by atoms with van der Waals surface area (Å²) in [7, 11) is 4.19. The third-order valence-corrected chi connectivity index (χ3v) is 6.11. The van der Waals surface area contributed by atoms with Crippen molar-refractivity contribution in [1.29, 1.82) is 0 Å². The van der Waals surface area contributed by atoms with Crippen molar-refractivity contribution in [2.45, 2.75) is 45.0 Å². The van der Waals surface area contributed by atoms with Crippen LogP contribution in [0.4, 0.5) is 24.9 Å². The summed E-state index contributed by atoms with van der Waals surface area (Å²) in [5.41, 5.74) is 2.36. The van der Waals surface area contributed by atoms with Gasteiger partial charge in [-0.05, 0) is 58.0 Å². The minimum Gasteiger partial charge on any atom is -0.406 e. The third-order valence-electron chi connectivity index (χ3n) is 6.11. The maximum atomic E-state index is 12.4. The van der Waals surface area contributed by atoms with Crippen LogP contribution in [0.5, 0.6) is 5.75 Å². The number of ether oxygens (including phenoxy) is 1. The Morgan fingerprint density at radius 3 is 2.47 bits per heavy atom. The molecule has 36 heavy (non-hydrogen) atoms. The van der Waals surface area contributed by atoms with E-state index in [1.54, 1.807) is 0 Å². The van der Waals surface area contributed by atoms with Gasteiger partial charge in [0.05, 0.1) is 11.9 Å². The Kier molecular flexibility index (Phi) is 7.53. The molecule has 1 amide bonds. The van der Waals surface area contributed by atoms with Gasteiger partial charge in [0.2, 0.25) is 11.9 Å². The molecule has 2 aromatic heterocycles. The lowest BCUT2D eigenvalue weighted by molar-refractivity contribution is -0.274. The molecular formula is C24H28F3N7O2. The van der Waals surface area contributed by atoms with E-state index in [4.69, 9.17) is 0 Å². The van der Waals surface area contributed by atoms with Gasteiger partial charge >= 0.3 is 6.36 Å². The number of fused-ring (bicyclic) bond motifs is 1. The molecule has 3 heterocycles. The average Bonchev–Trinajstić information content (AvgIpc) is 2.83. The summed E-state index contributed by atoms with van der Waals surface area (Å²) >= 11 is 0. The van der Waals surface area contributed by atoms with Crippen molar-refractivity contribution in [3.8, 4) is 5.75 Å². The van der Waals surface area contributed by atoms with Crippen LogP contribution in [0.15, 0.2) is 30.5 Å². The van der Waals surface area contributed by atoms with Crippen LogP contribution in [0.25, 0.3) is 11.2 Å². The number of piperidine rings is 1. The molecule has 3 aromatic rings. The van der Waals surface area contributed by atoms with E-state index in [0.717, 1.165) is 25.9 Å². The van der Waals surface area contributed by atoms with E-state index >= 15 is 0 Å². The summed E-state index contributed by atoms with van der Waals surface area (Å²) in [6, 6.07) is 5.97. The van der Waals surface area contributed by atoms with E-state index in [1.165, 1.54) is 30.5 Å². The number of aromatic nitrogens is 4. The van der Waals surface area contributed by atoms with E-state index in [2.05, 4.69) is 53.9 Å². The number of carbonyl (C=O) groups excluding carboxylic acids is 1. The molecule has 0 atom stereocenters. The van der Waals surface area contributed by atoms with Gasteiger partial charge < -0.3 is 19.9 Å². The summed E-state index contributed by atoms with van der Waals surface area (Å²) in [5, 5.41) is 2.71. The molecule has 0 saturated carbocycles. The highest BCUT2D eigenvalue weighted by molar-refractivity contribution is 5.90. The Morgan fingerprint density at radius 1 is 1.14 bits per heavy atom. The highest BCUT2D eigenvalue weighted by atomic mass is 19.4. The number of benzene rings is 1. The van der Waals surface area contributed by atoms with Crippen molar-refractivity contribution in [1.82, 2.24) is 24.8 Å². The second-order valence-electron chi connectivity index (χ2n) is 8.96. The van der Waals surface area contributed by atoms with E-state index in [-0.39, 0.29) is 23.9 Å². The Bertz CT molecular complexity index is 1210. The fourth-order valence-electron chi connectivity index (χ4n) is 4.13. The smallest absolute Gasteiger partial charge is 0.406 e. The predicted octanol–water partition coefficient (Wildman–Crippen LogP) is 3.73. The minimum atomic E-state index is -4.74. The minimum absolute atomic E-state index is 0.122. The zero-order valence-electron chi connectivity index (χ0n) is 20.3. The summed E-state index contributed by atoms with van der Waals surface area (Å²) in [6.45, 7) is 3.58. The van der Waals surface area contributed by atoms with Crippen LogP contribution < -0.4 is 15.0 Å². The second kappa shape index (κ2) is 10.6. The monoisotopic (exact) mass is 503 g/mol. The number of anilines is 2. The van der Waals surface area contributed by atoms with Crippen LogP contribution in [0.1, 0.15) is 30.5 Å². The molecule has 4 rings (SSSR count). The van der Waals surface area contributed by atoms with Gasteiger partial charge in [-0.15, -0.1) is 13.2 Å². The second-order valence-corrected chi connectivity index (χ2v) is 8.96. The van der Waals surface area contributed by atoms with Crippen LogP contribution in [0.3, 0.4) is 0 Å². The molecule has 0 unspecified atom stereocenters. The number of amides is 1. The number of alkyl halides is 3. The van der Waals surface area contributed by atoms with Crippen molar-refractivity contribution < 1.29 is 22.7 Å². The van der Waals surface area contributed by atoms with E-state index in [9.17, 15) is 18.0 Å². The number of halogens is 3. The standard InChI is InChI=1S/C24H28F3N7O2/c1-15-21-22(32-23(29-15)34-12-10-17(11-13-34)33(2)3)28-14-19(31-21)30-20(35)9-6-16-4-7-18(8-5-16)36-24(25,26)27/h4-5,7-8,14,17H,6,9-13H2,1-3H3,(H,30,31,35). The average molecular weight is 504 g/mol. The fraction of sp³-hybridized carbons (Fsp3) is 0.458. The topological polar surface area (TPSA) is 96.4 Å². The van der Waals surface area contributed by atoms with Gasteiger partial charge in [-0.2, -0.15) is 4.98 Å². The van der Waals surface area contributed by atoms with E-state index in [0.29, 0.717) is 40.8 Å². The zero-order valence-corrected chi connectivity index (χ0v) is 20.3. The number of rotatable bonds is 7. The Labute approximate surface area is 206 Å². The van der Waals surface area contributed by atoms with Crippen molar-refractivity contribution in [2.24, 2.45) is 0 Å². The third kappa shape index (κ3) is 6.56. The number of nitrogens with one attached hydrogen (secondary N) is 1. The van der Waals surface area contributed by atoms with Gasteiger partial charge in [-0.1, -0.05) is 12.1 Å². The van der Waals surface area contributed by atoms with Gasteiger partial charge in [0.1, 0.15) is 11.3 Å². The number of hydrogen-bond acceptors (Lipinski definition) is 8. The molecule has 0 bridgehead atoms. The Morgan fingerprint density at radius 2 is 1.83 bits per heavy atom. The molecule has 0 radical (unpaired) electrons. The number of nitrogens with zero attached hydrogens (tertiary/aromatic N) is 6. The number of aryl methyl sites for hydroxylation is 2. The molecule has 1 fully saturated rings. The zero-order chi connectivity index (χ0) is 25.9. The molecule has 12 heteroatoms. The molecule has 9 nitrogen and oxygen atoms in total. The number of carbonyl (C=O) groups is 1. The first-order chi connectivity index (χ1) is 17.1. The largest absolute Gasteiger partial charge is 0.573 e. The fourth-order valence-corrected chi connectivity index (χ4v) is 4.13. The maximum Gasteiger partial charge on any atom is 0.573 e. The first-order valence-electron chi connectivity index (χ1n) is 11.6. The van der Waals surface area contributed by atoms with Crippen LogP contribution in [-0.2, 0) is 11.2 Å². The van der Waals surface area contributed by atoms with Gasteiger partial charge in [-0.25, -0.2) is 15.0 Å². The lowest BCUT2D eigenvalue weighted by atomic mass is 10.0. The predicted molar refractivity (Wildman–Crippen MR) is 129 cm³/mol.